The fourth-order valence-electron chi connectivity index (χ4n) is 1.10. The van der Waals surface area contributed by atoms with Crippen LogP contribution in [0, 0.1) is 5.92 Å². The Morgan fingerprint density at radius 2 is 2.22 bits per heavy atom. The molecule has 2 heteroatoms. The zero-order valence-electron chi connectivity index (χ0n) is 5.80. The van der Waals surface area contributed by atoms with E-state index in [0.29, 0.717) is 6.04 Å². The SMILES string of the molecule is CC1C=CC(NN)CC1. The Labute approximate surface area is 56.1 Å². The fourth-order valence-corrected chi connectivity index (χ4v) is 1.10. The van der Waals surface area contributed by atoms with Crippen LogP contribution in [0.3, 0.4) is 0 Å². The van der Waals surface area contributed by atoms with Gasteiger partial charge in [-0.1, -0.05) is 19.1 Å². The maximum atomic E-state index is 5.25. The molecule has 0 fully saturated rings. The lowest BCUT2D eigenvalue weighted by Crippen LogP contribution is -2.35. The van der Waals surface area contributed by atoms with Crippen molar-refractivity contribution in [2.45, 2.75) is 25.8 Å². The van der Waals surface area contributed by atoms with Gasteiger partial charge in [0.15, 0.2) is 0 Å². The highest BCUT2D eigenvalue weighted by Gasteiger charge is 2.09. The molecule has 0 aliphatic heterocycles. The molecule has 9 heavy (non-hydrogen) atoms. The molecular weight excluding hydrogens is 112 g/mol. The highest BCUT2D eigenvalue weighted by molar-refractivity contribution is 4.99. The summed E-state index contributed by atoms with van der Waals surface area (Å²) in [5, 5.41) is 0. The van der Waals surface area contributed by atoms with Crippen LogP contribution in [0.1, 0.15) is 19.8 Å². The third-order valence-corrected chi connectivity index (χ3v) is 1.82. The average Bonchev–Trinajstić information content (AvgIpc) is 1.90. The molecule has 1 rings (SSSR count). The minimum atomic E-state index is 0.418. The summed E-state index contributed by atoms with van der Waals surface area (Å²) in [4.78, 5) is 0. The first-order valence-corrected chi connectivity index (χ1v) is 3.47. The molecule has 0 aromatic rings. The number of rotatable bonds is 1. The number of nitrogens with two attached hydrogens (primary N) is 1. The van der Waals surface area contributed by atoms with E-state index in [4.69, 9.17) is 5.84 Å². The van der Waals surface area contributed by atoms with Crippen molar-refractivity contribution >= 4 is 0 Å². The number of hydrogen-bond acceptors (Lipinski definition) is 2. The number of allylic oxidation sites excluding steroid dienone is 1. The monoisotopic (exact) mass is 126 g/mol. The smallest absolute Gasteiger partial charge is 0.0390 e. The summed E-state index contributed by atoms with van der Waals surface area (Å²) in [5.74, 6) is 5.99. The highest BCUT2D eigenvalue weighted by atomic mass is 15.2. The average molecular weight is 126 g/mol. The summed E-state index contributed by atoms with van der Waals surface area (Å²) >= 11 is 0. The molecule has 2 unspecified atom stereocenters. The zero-order valence-corrected chi connectivity index (χ0v) is 5.80. The Hall–Kier alpha value is -0.340. The first kappa shape index (κ1) is 6.78. The van der Waals surface area contributed by atoms with Gasteiger partial charge < -0.3 is 0 Å². The van der Waals surface area contributed by atoms with Gasteiger partial charge in [0.05, 0.1) is 0 Å². The molecule has 0 heterocycles. The van der Waals surface area contributed by atoms with Crippen LogP contribution in [0.2, 0.25) is 0 Å². The van der Waals surface area contributed by atoms with Crippen LogP contribution in [-0.4, -0.2) is 6.04 Å². The van der Waals surface area contributed by atoms with Crippen LogP contribution in [0.5, 0.6) is 0 Å². The van der Waals surface area contributed by atoms with Gasteiger partial charge in [0.1, 0.15) is 0 Å². The summed E-state index contributed by atoms with van der Waals surface area (Å²) in [6.07, 6.45) is 6.79. The summed E-state index contributed by atoms with van der Waals surface area (Å²) in [6, 6.07) is 0.418. The van der Waals surface area contributed by atoms with Crippen LogP contribution in [0.4, 0.5) is 0 Å². The summed E-state index contributed by atoms with van der Waals surface area (Å²) in [5.41, 5.74) is 2.74. The zero-order chi connectivity index (χ0) is 6.69. The van der Waals surface area contributed by atoms with Crippen LogP contribution in [0.25, 0.3) is 0 Å². The van der Waals surface area contributed by atoms with Gasteiger partial charge >= 0.3 is 0 Å². The second-order valence-electron chi connectivity index (χ2n) is 2.71. The molecule has 0 saturated heterocycles. The van der Waals surface area contributed by atoms with Crippen molar-refractivity contribution in [3.63, 3.8) is 0 Å². The lowest BCUT2D eigenvalue weighted by atomic mass is 9.95. The lowest BCUT2D eigenvalue weighted by Gasteiger charge is -2.18. The van der Waals surface area contributed by atoms with E-state index in [1.54, 1.807) is 0 Å². The van der Waals surface area contributed by atoms with Gasteiger partial charge in [0.25, 0.3) is 0 Å². The standard InChI is InChI=1S/C7H14N2/c1-6-2-4-7(9-8)5-3-6/h2,4,6-7,9H,3,5,8H2,1H3. The van der Waals surface area contributed by atoms with Crippen LogP contribution >= 0.6 is 0 Å². The Bertz CT molecular complexity index is 109. The molecule has 0 aromatic carbocycles. The quantitative estimate of drug-likeness (QED) is 0.310. The first-order valence-electron chi connectivity index (χ1n) is 3.47. The van der Waals surface area contributed by atoms with Crippen molar-refractivity contribution in [3.05, 3.63) is 12.2 Å². The predicted molar refractivity (Wildman–Crippen MR) is 38.6 cm³/mol. The van der Waals surface area contributed by atoms with Gasteiger partial charge in [-0.2, -0.15) is 0 Å². The van der Waals surface area contributed by atoms with Crippen molar-refractivity contribution in [2.24, 2.45) is 11.8 Å². The van der Waals surface area contributed by atoms with Crippen molar-refractivity contribution in [2.75, 3.05) is 0 Å². The van der Waals surface area contributed by atoms with Crippen molar-refractivity contribution in [1.82, 2.24) is 5.43 Å². The molecule has 0 amide bonds. The van der Waals surface area contributed by atoms with Gasteiger partial charge in [-0.3, -0.25) is 11.3 Å². The first-order chi connectivity index (χ1) is 4.33. The molecule has 52 valence electrons. The van der Waals surface area contributed by atoms with E-state index in [0.717, 1.165) is 5.92 Å². The molecule has 3 N–H and O–H groups in total. The normalized spacial score (nSPS) is 34.9. The summed E-state index contributed by atoms with van der Waals surface area (Å²) in [6.45, 7) is 2.23. The molecule has 1 aliphatic rings. The summed E-state index contributed by atoms with van der Waals surface area (Å²) < 4.78 is 0. The van der Waals surface area contributed by atoms with Crippen LogP contribution in [0.15, 0.2) is 12.2 Å². The third kappa shape index (κ3) is 1.80. The Morgan fingerprint density at radius 1 is 1.44 bits per heavy atom. The van der Waals surface area contributed by atoms with E-state index in [9.17, 15) is 0 Å². The lowest BCUT2D eigenvalue weighted by molar-refractivity contribution is 0.482. The topological polar surface area (TPSA) is 38.0 Å². The maximum absolute atomic E-state index is 5.25. The maximum Gasteiger partial charge on any atom is 0.0390 e. The molecule has 1 aliphatic carbocycles. The van der Waals surface area contributed by atoms with Crippen LogP contribution in [-0.2, 0) is 0 Å². The van der Waals surface area contributed by atoms with E-state index >= 15 is 0 Å². The van der Waals surface area contributed by atoms with Gasteiger partial charge in [0.2, 0.25) is 0 Å². The summed E-state index contributed by atoms with van der Waals surface area (Å²) in [7, 11) is 0. The van der Waals surface area contributed by atoms with Gasteiger partial charge in [-0.15, -0.1) is 0 Å². The Balaban J connectivity index is 2.38. The van der Waals surface area contributed by atoms with Crippen molar-refractivity contribution in [1.29, 1.82) is 0 Å². The molecule has 0 bridgehead atoms. The van der Waals surface area contributed by atoms with Crippen LogP contribution < -0.4 is 11.3 Å². The third-order valence-electron chi connectivity index (χ3n) is 1.82. The van der Waals surface area contributed by atoms with E-state index in [-0.39, 0.29) is 0 Å². The van der Waals surface area contributed by atoms with Gasteiger partial charge in [-0.05, 0) is 18.8 Å². The Morgan fingerprint density at radius 3 is 2.67 bits per heavy atom. The van der Waals surface area contributed by atoms with Crippen molar-refractivity contribution in [3.8, 4) is 0 Å². The molecule has 0 aromatic heterocycles. The minimum absolute atomic E-state index is 0.418. The minimum Gasteiger partial charge on any atom is -0.271 e. The highest BCUT2D eigenvalue weighted by Crippen LogP contribution is 2.15. The number of hydrazine groups is 1. The van der Waals surface area contributed by atoms with Gasteiger partial charge in [0, 0.05) is 6.04 Å². The van der Waals surface area contributed by atoms with E-state index in [1.165, 1.54) is 12.8 Å². The second kappa shape index (κ2) is 2.99. The Kier molecular flexibility index (Phi) is 2.25. The van der Waals surface area contributed by atoms with E-state index in [1.807, 2.05) is 0 Å². The number of nitrogens with one attached hydrogen (secondary N) is 1. The molecule has 2 nitrogen and oxygen atoms in total. The molecule has 2 atom stereocenters. The molecular formula is C7H14N2. The van der Waals surface area contributed by atoms with E-state index in [2.05, 4.69) is 24.5 Å². The predicted octanol–water partition coefficient (Wildman–Crippen LogP) is 0.804. The fraction of sp³-hybridized carbons (Fsp3) is 0.714. The second-order valence-corrected chi connectivity index (χ2v) is 2.71. The van der Waals surface area contributed by atoms with Gasteiger partial charge in [-0.25, -0.2) is 0 Å². The molecule has 0 spiro atoms. The largest absolute Gasteiger partial charge is 0.271 e. The molecule has 0 saturated carbocycles. The van der Waals surface area contributed by atoms with Crippen molar-refractivity contribution < 1.29 is 0 Å². The number of hydrogen-bond donors (Lipinski definition) is 2. The van der Waals surface area contributed by atoms with E-state index < -0.39 is 0 Å². The molecule has 0 radical (unpaired) electrons.